The molecule has 0 radical (unpaired) electrons. The van der Waals surface area contributed by atoms with Gasteiger partial charge in [0.25, 0.3) is 0 Å². The Morgan fingerprint density at radius 2 is 2.20 bits per heavy atom. The van der Waals surface area contributed by atoms with Crippen molar-refractivity contribution in [3.8, 4) is 0 Å². The van der Waals surface area contributed by atoms with E-state index in [-0.39, 0.29) is 30.9 Å². The maximum Gasteiger partial charge on any atom is 0.142 e. The number of aliphatic hydroxyl groups is 1. The number of hydrogen-bond acceptors (Lipinski definition) is 5. The molecule has 0 aromatic rings. The minimum absolute atomic E-state index is 0.0992. The molecule has 1 rings (SSSR count). The van der Waals surface area contributed by atoms with E-state index in [0.717, 1.165) is 0 Å². The summed E-state index contributed by atoms with van der Waals surface area (Å²) in [6.07, 6.45) is -0.903. The van der Waals surface area contributed by atoms with Gasteiger partial charge in [-0.1, -0.05) is 11.8 Å². The maximum atomic E-state index is 9.16. The number of rotatable bonds is 4. The lowest BCUT2D eigenvalue weighted by Crippen LogP contribution is -2.37. The first-order valence-electron chi connectivity index (χ1n) is 4.67. The van der Waals surface area contributed by atoms with Crippen LogP contribution in [0, 0.1) is 0 Å². The molecule has 15 heavy (non-hydrogen) atoms. The van der Waals surface area contributed by atoms with Crippen molar-refractivity contribution in [3.63, 3.8) is 0 Å². The number of hydrogen-bond donors (Lipinski definition) is 2. The van der Waals surface area contributed by atoms with Gasteiger partial charge in [0.1, 0.15) is 31.6 Å². The summed E-state index contributed by atoms with van der Waals surface area (Å²) in [6.45, 7) is 1.67. The zero-order valence-corrected chi connectivity index (χ0v) is 11.6. The van der Waals surface area contributed by atoms with E-state index in [0.29, 0.717) is 0 Å². The second-order valence-corrected chi connectivity index (χ2v) is 10.6. The largest absolute Gasteiger partial charge is 0.394 e. The van der Waals surface area contributed by atoms with Gasteiger partial charge in [0.2, 0.25) is 0 Å². The van der Waals surface area contributed by atoms with Gasteiger partial charge in [0.05, 0.1) is 12.6 Å². The van der Waals surface area contributed by atoms with Gasteiger partial charge in [-0.25, -0.2) is 0 Å². The average Bonchev–Trinajstić information content (AvgIpc) is 2.39. The molecule has 1 N–H and O–H groups in total. The van der Waals surface area contributed by atoms with Gasteiger partial charge in [-0.2, -0.15) is 0 Å². The zero-order chi connectivity index (χ0) is 11.6. The molecule has 1 saturated heterocycles. The molecule has 0 amide bonds. The van der Waals surface area contributed by atoms with Crippen molar-refractivity contribution in [1.82, 2.24) is 0 Å². The molecule has 0 saturated carbocycles. The topological polar surface area (TPSA) is 47.9 Å². The van der Waals surface area contributed by atoms with E-state index in [9.17, 15) is 0 Å². The van der Waals surface area contributed by atoms with Crippen molar-refractivity contribution in [2.45, 2.75) is 24.3 Å². The van der Waals surface area contributed by atoms with Gasteiger partial charge >= 0.3 is 0 Å². The molecule has 5 unspecified atom stereocenters. The van der Waals surface area contributed by atoms with Crippen LogP contribution in [0.25, 0.3) is 0 Å². The van der Waals surface area contributed by atoms with E-state index in [1.807, 2.05) is 7.85 Å². The summed E-state index contributed by atoms with van der Waals surface area (Å²) < 4.78 is 16.5. The minimum Gasteiger partial charge on any atom is -0.394 e. The van der Waals surface area contributed by atoms with Crippen LogP contribution in [0.4, 0.5) is 0 Å². The van der Waals surface area contributed by atoms with E-state index in [1.54, 1.807) is 13.8 Å². The van der Waals surface area contributed by atoms with Crippen molar-refractivity contribution >= 4 is 37.4 Å². The predicted molar refractivity (Wildman–Crippen MR) is 69.2 cm³/mol. The third kappa shape index (κ3) is 3.70. The second kappa shape index (κ2) is 5.49. The van der Waals surface area contributed by atoms with Crippen LogP contribution < -0.4 is 0 Å². The summed E-state index contributed by atoms with van der Waals surface area (Å²) in [5, 5.41) is 9.16. The third-order valence-electron chi connectivity index (χ3n) is 2.31. The lowest BCUT2D eigenvalue weighted by atomic mass is 9.93. The molecule has 1 aliphatic rings. The first-order valence-corrected chi connectivity index (χ1v) is 8.99. The van der Waals surface area contributed by atoms with Crippen LogP contribution >= 0.6 is 17.7 Å². The van der Waals surface area contributed by atoms with Crippen molar-refractivity contribution < 1.29 is 19.1 Å². The Balaban J connectivity index is 2.76. The lowest BCUT2D eigenvalue weighted by Gasteiger charge is -2.25. The third-order valence-corrected chi connectivity index (χ3v) is 3.49. The van der Waals surface area contributed by atoms with E-state index < -0.39 is 5.47 Å². The fraction of sp³-hybridized carbons (Fsp3) is 1.00. The van der Waals surface area contributed by atoms with Gasteiger partial charge in [0.15, 0.2) is 0 Å². The smallest absolute Gasteiger partial charge is 0.142 e. The molecule has 0 aliphatic carbocycles. The SMILES string of the molecule is BC1OC(CO)C(OP(C)(=S)S)C1OC. The number of aliphatic hydroxyl groups excluding tert-OH is 1. The van der Waals surface area contributed by atoms with Crippen molar-refractivity contribution in [1.29, 1.82) is 0 Å². The molecule has 8 heteroatoms. The number of methoxy groups -OCH3 is 1. The highest BCUT2D eigenvalue weighted by atomic mass is 32.9. The molecule has 1 heterocycles. The van der Waals surface area contributed by atoms with E-state index >= 15 is 0 Å². The number of thiol groups is 1. The minimum atomic E-state index is -2.09. The second-order valence-electron chi connectivity index (χ2n) is 3.64. The molecule has 1 fully saturated rings. The average molecular weight is 270 g/mol. The van der Waals surface area contributed by atoms with Gasteiger partial charge in [-0.3, -0.25) is 0 Å². The Bertz CT molecular complexity index is 261. The fourth-order valence-corrected chi connectivity index (χ4v) is 3.07. The summed E-state index contributed by atoms with van der Waals surface area (Å²) in [5.41, 5.74) is -2.09. The van der Waals surface area contributed by atoms with Crippen molar-refractivity contribution in [2.75, 3.05) is 20.4 Å². The standard InChI is InChI=1S/C7H16BO4PS2/c1-10-6-5(12-13(2,14)15)4(3-9)11-7(6)8/h4-7,9H,3,8H2,1-2H3,(H,14,15). The molecule has 0 spiro atoms. The molecular formula is C7H16BO4PS2. The van der Waals surface area contributed by atoms with E-state index in [2.05, 4.69) is 12.2 Å². The molecule has 1 aliphatic heterocycles. The molecule has 0 aromatic carbocycles. The Hall–Kier alpha value is 0.905. The van der Waals surface area contributed by atoms with Crippen LogP contribution in [0.2, 0.25) is 0 Å². The van der Waals surface area contributed by atoms with Crippen LogP contribution in [-0.2, 0) is 25.8 Å². The Morgan fingerprint density at radius 1 is 1.60 bits per heavy atom. The number of ether oxygens (including phenoxy) is 2. The summed E-state index contributed by atoms with van der Waals surface area (Å²) in [7, 11) is 3.48. The summed E-state index contributed by atoms with van der Waals surface area (Å²) in [4.78, 5) is 0. The van der Waals surface area contributed by atoms with Gasteiger partial charge in [-0.05, 0) is 6.66 Å². The van der Waals surface area contributed by atoms with Gasteiger partial charge in [0, 0.05) is 7.11 Å². The molecule has 0 aromatic heterocycles. The highest BCUT2D eigenvalue weighted by molar-refractivity contribution is 8.61. The molecule has 5 atom stereocenters. The molecular weight excluding hydrogens is 254 g/mol. The maximum absolute atomic E-state index is 9.16. The monoisotopic (exact) mass is 270 g/mol. The van der Waals surface area contributed by atoms with Gasteiger partial charge in [-0.15, -0.1) is 12.2 Å². The van der Waals surface area contributed by atoms with Crippen molar-refractivity contribution in [3.05, 3.63) is 0 Å². The fourth-order valence-electron chi connectivity index (χ4n) is 1.74. The Morgan fingerprint density at radius 3 is 2.60 bits per heavy atom. The van der Waals surface area contributed by atoms with Crippen LogP contribution in [0.15, 0.2) is 0 Å². The lowest BCUT2D eigenvalue weighted by molar-refractivity contribution is 0.00473. The van der Waals surface area contributed by atoms with Crippen molar-refractivity contribution in [2.24, 2.45) is 0 Å². The molecule has 88 valence electrons. The molecule has 4 nitrogen and oxygen atoms in total. The zero-order valence-electron chi connectivity index (χ0n) is 8.99. The predicted octanol–water partition coefficient (Wildman–Crippen LogP) is -0.394. The summed E-state index contributed by atoms with van der Waals surface area (Å²) in [6, 6.07) is -0.105. The van der Waals surface area contributed by atoms with Gasteiger partial charge < -0.3 is 19.1 Å². The summed E-state index contributed by atoms with van der Waals surface area (Å²) in [5.74, 6) is 0. The van der Waals surface area contributed by atoms with Crippen LogP contribution in [0.1, 0.15) is 0 Å². The van der Waals surface area contributed by atoms with Crippen LogP contribution in [0.3, 0.4) is 0 Å². The van der Waals surface area contributed by atoms with Crippen LogP contribution in [0.5, 0.6) is 0 Å². The first-order chi connectivity index (χ1) is 6.89. The summed E-state index contributed by atoms with van der Waals surface area (Å²) >= 11 is 9.35. The van der Waals surface area contributed by atoms with E-state index in [4.69, 9.17) is 30.9 Å². The highest BCUT2D eigenvalue weighted by Crippen LogP contribution is 2.51. The van der Waals surface area contributed by atoms with Crippen LogP contribution in [-0.4, -0.2) is 57.6 Å². The first kappa shape index (κ1) is 14.0. The molecule has 0 bridgehead atoms. The van der Waals surface area contributed by atoms with E-state index in [1.165, 1.54) is 0 Å². The Kier molecular flexibility index (Phi) is 5.12. The Labute approximate surface area is 101 Å². The highest BCUT2D eigenvalue weighted by Gasteiger charge is 2.44. The quantitative estimate of drug-likeness (QED) is 0.414. The normalized spacial score (nSPS) is 40.3.